The standard InChI is InChI=1S/C15H20BrNO2/c1-11-7-12(2)9-17(8-11)15(18)10-19-14-5-3-13(16)4-6-14/h3-6,11-12H,7-10H2,1-2H3. The van der Waals surface area contributed by atoms with Crippen molar-refractivity contribution in [3.05, 3.63) is 28.7 Å². The predicted octanol–water partition coefficient (Wildman–Crippen LogP) is 3.33. The van der Waals surface area contributed by atoms with E-state index < -0.39 is 0 Å². The van der Waals surface area contributed by atoms with Crippen LogP contribution in [0.3, 0.4) is 0 Å². The van der Waals surface area contributed by atoms with E-state index in [4.69, 9.17) is 4.74 Å². The highest BCUT2D eigenvalue weighted by Gasteiger charge is 2.25. The van der Waals surface area contributed by atoms with E-state index >= 15 is 0 Å². The number of carbonyl (C=O) groups excluding carboxylic acids is 1. The third-order valence-electron chi connectivity index (χ3n) is 3.40. The Hall–Kier alpha value is -1.03. The molecule has 0 aliphatic carbocycles. The molecule has 3 nitrogen and oxygen atoms in total. The van der Waals surface area contributed by atoms with Gasteiger partial charge in [-0.25, -0.2) is 0 Å². The molecule has 0 radical (unpaired) electrons. The molecule has 0 spiro atoms. The van der Waals surface area contributed by atoms with Crippen LogP contribution in [0, 0.1) is 11.8 Å². The molecule has 19 heavy (non-hydrogen) atoms. The topological polar surface area (TPSA) is 29.5 Å². The first-order valence-electron chi connectivity index (χ1n) is 6.70. The van der Waals surface area contributed by atoms with E-state index in [1.54, 1.807) is 0 Å². The number of carbonyl (C=O) groups is 1. The summed E-state index contributed by atoms with van der Waals surface area (Å²) < 4.78 is 6.54. The van der Waals surface area contributed by atoms with Crippen molar-refractivity contribution in [3.63, 3.8) is 0 Å². The number of likely N-dealkylation sites (tertiary alicyclic amines) is 1. The molecule has 104 valence electrons. The second kappa shape index (κ2) is 6.42. The van der Waals surface area contributed by atoms with Gasteiger partial charge in [0.2, 0.25) is 0 Å². The van der Waals surface area contributed by atoms with Gasteiger partial charge >= 0.3 is 0 Å². The Balaban J connectivity index is 1.85. The largest absolute Gasteiger partial charge is 0.484 e. The molecule has 0 saturated carbocycles. The molecule has 0 aromatic heterocycles. The lowest BCUT2D eigenvalue weighted by molar-refractivity contribution is -0.136. The van der Waals surface area contributed by atoms with Crippen LogP contribution in [-0.2, 0) is 4.79 Å². The quantitative estimate of drug-likeness (QED) is 0.853. The molecule has 1 heterocycles. The van der Waals surface area contributed by atoms with Crippen molar-refractivity contribution in [3.8, 4) is 5.75 Å². The first-order chi connectivity index (χ1) is 9.04. The van der Waals surface area contributed by atoms with Crippen molar-refractivity contribution in [1.29, 1.82) is 0 Å². The second-order valence-electron chi connectivity index (χ2n) is 5.49. The van der Waals surface area contributed by atoms with Crippen LogP contribution < -0.4 is 4.74 Å². The highest BCUT2D eigenvalue weighted by molar-refractivity contribution is 9.10. The summed E-state index contributed by atoms with van der Waals surface area (Å²) >= 11 is 3.37. The summed E-state index contributed by atoms with van der Waals surface area (Å²) in [6.07, 6.45) is 1.21. The Morgan fingerprint density at radius 2 is 1.84 bits per heavy atom. The van der Waals surface area contributed by atoms with Crippen LogP contribution in [0.5, 0.6) is 5.75 Å². The van der Waals surface area contributed by atoms with Gasteiger partial charge in [0.1, 0.15) is 5.75 Å². The molecule has 1 fully saturated rings. The Labute approximate surface area is 123 Å². The Morgan fingerprint density at radius 1 is 1.26 bits per heavy atom. The van der Waals surface area contributed by atoms with Crippen LogP contribution in [0.4, 0.5) is 0 Å². The van der Waals surface area contributed by atoms with E-state index in [0.717, 1.165) is 23.3 Å². The van der Waals surface area contributed by atoms with Crippen LogP contribution in [0.2, 0.25) is 0 Å². The zero-order chi connectivity index (χ0) is 13.8. The van der Waals surface area contributed by atoms with Gasteiger partial charge in [0.15, 0.2) is 6.61 Å². The summed E-state index contributed by atoms with van der Waals surface area (Å²) in [6, 6.07) is 7.54. The SMILES string of the molecule is CC1CC(C)CN(C(=O)COc2ccc(Br)cc2)C1. The van der Waals surface area contributed by atoms with Crippen LogP contribution in [0.25, 0.3) is 0 Å². The molecule has 2 atom stereocenters. The van der Waals surface area contributed by atoms with Gasteiger partial charge in [-0.3, -0.25) is 4.79 Å². The van der Waals surface area contributed by atoms with Gasteiger partial charge in [0.05, 0.1) is 0 Å². The van der Waals surface area contributed by atoms with Crippen LogP contribution in [0.15, 0.2) is 28.7 Å². The van der Waals surface area contributed by atoms with Crippen molar-refractivity contribution in [1.82, 2.24) is 4.90 Å². The number of rotatable bonds is 3. The van der Waals surface area contributed by atoms with E-state index in [2.05, 4.69) is 29.8 Å². The molecule has 2 unspecified atom stereocenters. The fourth-order valence-corrected chi connectivity index (χ4v) is 2.90. The highest BCUT2D eigenvalue weighted by Crippen LogP contribution is 2.21. The van der Waals surface area contributed by atoms with Crippen LogP contribution in [-0.4, -0.2) is 30.5 Å². The fraction of sp³-hybridized carbons (Fsp3) is 0.533. The maximum Gasteiger partial charge on any atom is 0.260 e. The van der Waals surface area contributed by atoms with Crippen LogP contribution in [0.1, 0.15) is 20.3 Å². The lowest BCUT2D eigenvalue weighted by atomic mass is 9.92. The molecule has 2 rings (SSSR count). The number of ether oxygens (including phenoxy) is 1. The number of benzene rings is 1. The third-order valence-corrected chi connectivity index (χ3v) is 3.93. The van der Waals surface area contributed by atoms with Crippen molar-refractivity contribution in [2.24, 2.45) is 11.8 Å². The molecule has 1 aromatic rings. The van der Waals surface area contributed by atoms with Gasteiger partial charge in [-0.05, 0) is 42.5 Å². The van der Waals surface area contributed by atoms with E-state index in [-0.39, 0.29) is 12.5 Å². The number of halogens is 1. The van der Waals surface area contributed by atoms with E-state index in [1.165, 1.54) is 6.42 Å². The van der Waals surface area contributed by atoms with Gasteiger partial charge in [-0.2, -0.15) is 0 Å². The van der Waals surface area contributed by atoms with Crippen molar-refractivity contribution < 1.29 is 9.53 Å². The minimum atomic E-state index is 0.0846. The molecule has 1 aliphatic rings. The average molecular weight is 326 g/mol. The average Bonchev–Trinajstić information content (AvgIpc) is 2.36. The molecule has 1 amide bonds. The summed E-state index contributed by atoms with van der Waals surface area (Å²) in [5.74, 6) is 1.98. The number of hydrogen-bond donors (Lipinski definition) is 0. The summed E-state index contributed by atoms with van der Waals surface area (Å²) in [4.78, 5) is 14.0. The monoisotopic (exact) mass is 325 g/mol. The van der Waals surface area contributed by atoms with E-state index in [1.807, 2.05) is 29.2 Å². The first-order valence-corrected chi connectivity index (χ1v) is 7.50. The smallest absolute Gasteiger partial charge is 0.260 e. The summed E-state index contributed by atoms with van der Waals surface area (Å²) in [7, 11) is 0. The zero-order valence-electron chi connectivity index (χ0n) is 11.4. The molecule has 0 N–H and O–H groups in total. The Kier molecular flexibility index (Phi) is 4.86. The zero-order valence-corrected chi connectivity index (χ0v) is 13.0. The minimum absolute atomic E-state index is 0.0846. The fourth-order valence-electron chi connectivity index (χ4n) is 2.63. The van der Waals surface area contributed by atoms with Gasteiger partial charge < -0.3 is 9.64 Å². The predicted molar refractivity (Wildman–Crippen MR) is 79.2 cm³/mol. The molecule has 1 aliphatic heterocycles. The number of piperidine rings is 1. The lowest BCUT2D eigenvalue weighted by Crippen LogP contribution is -2.44. The molecule has 4 heteroatoms. The van der Waals surface area contributed by atoms with Crippen molar-refractivity contribution in [2.75, 3.05) is 19.7 Å². The summed E-state index contributed by atoms with van der Waals surface area (Å²) in [5.41, 5.74) is 0. The molecular formula is C15H20BrNO2. The molecule has 1 saturated heterocycles. The van der Waals surface area contributed by atoms with E-state index in [9.17, 15) is 4.79 Å². The van der Waals surface area contributed by atoms with E-state index in [0.29, 0.717) is 11.8 Å². The minimum Gasteiger partial charge on any atom is -0.484 e. The molecule has 0 bridgehead atoms. The maximum absolute atomic E-state index is 12.1. The van der Waals surface area contributed by atoms with Crippen molar-refractivity contribution >= 4 is 21.8 Å². The summed E-state index contributed by atoms with van der Waals surface area (Å²) in [6.45, 7) is 6.23. The van der Waals surface area contributed by atoms with Gasteiger partial charge in [0, 0.05) is 17.6 Å². The Morgan fingerprint density at radius 3 is 2.42 bits per heavy atom. The first kappa shape index (κ1) is 14.4. The lowest BCUT2D eigenvalue weighted by Gasteiger charge is -2.34. The summed E-state index contributed by atoms with van der Waals surface area (Å²) in [5, 5.41) is 0. The second-order valence-corrected chi connectivity index (χ2v) is 6.40. The maximum atomic E-state index is 12.1. The third kappa shape index (κ3) is 4.23. The highest BCUT2D eigenvalue weighted by atomic mass is 79.9. The normalized spacial score (nSPS) is 23.2. The number of hydrogen-bond acceptors (Lipinski definition) is 2. The number of nitrogens with zero attached hydrogens (tertiary/aromatic N) is 1. The van der Waals surface area contributed by atoms with Crippen molar-refractivity contribution in [2.45, 2.75) is 20.3 Å². The van der Waals surface area contributed by atoms with Crippen LogP contribution >= 0.6 is 15.9 Å². The molecule has 1 aromatic carbocycles. The van der Waals surface area contributed by atoms with Gasteiger partial charge in [-0.1, -0.05) is 29.8 Å². The van der Waals surface area contributed by atoms with Gasteiger partial charge in [-0.15, -0.1) is 0 Å². The Bertz CT molecular complexity index is 422. The molecular weight excluding hydrogens is 306 g/mol. The number of amides is 1. The van der Waals surface area contributed by atoms with Gasteiger partial charge in [0.25, 0.3) is 5.91 Å².